The number of benzene rings is 3. The lowest BCUT2D eigenvalue weighted by atomic mass is 10.1. The maximum Gasteiger partial charge on any atom is 0.251 e. The van der Waals surface area contributed by atoms with Crippen LogP contribution in [0.4, 0.5) is 0 Å². The Hall–Kier alpha value is -3.65. The van der Waals surface area contributed by atoms with Crippen molar-refractivity contribution in [1.29, 1.82) is 5.26 Å². The molecule has 1 atom stereocenters. The highest BCUT2D eigenvalue weighted by molar-refractivity contribution is 5.98. The first-order chi connectivity index (χ1) is 13.6. The van der Waals surface area contributed by atoms with Crippen molar-refractivity contribution in [3.63, 3.8) is 0 Å². The minimum absolute atomic E-state index is 0.143. The van der Waals surface area contributed by atoms with Gasteiger partial charge in [-0.1, -0.05) is 42.5 Å². The van der Waals surface area contributed by atoms with E-state index < -0.39 is 0 Å². The third-order valence-electron chi connectivity index (χ3n) is 4.57. The molecule has 0 heterocycles. The first-order valence-electron chi connectivity index (χ1n) is 9.13. The van der Waals surface area contributed by atoms with Crippen molar-refractivity contribution in [2.24, 2.45) is 0 Å². The fourth-order valence-electron chi connectivity index (χ4n) is 2.97. The van der Waals surface area contributed by atoms with Gasteiger partial charge in [0.1, 0.15) is 0 Å². The summed E-state index contributed by atoms with van der Waals surface area (Å²) in [7, 11) is 0. The quantitative estimate of drug-likeness (QED) is 0.693. The van der Waals surface area contributed by atoms with Crippen molar-refractivity contribution < 1.29 is 9.59 Å². The molecule has 0 spiro atoms. The van der Waals surface area contributed by atoms with Crippen LogP contribution in [0.5, 0.6) is 0 Å². The van der Waals surface area contributed by atoms with E-state index in [2.05, 4.69) is 16.7 Å². The number of hydrogen-bond acceptors (Lipinski definition) is 3. The van der Waals surface area contributed by atoms with Gasteiger partial charge in [0.05, 0.1) is 17.7 Å². The molecule has 2 amide bonds. The Morgan fingerprint density at radius 1 is 1.00 bits per heavy atom. The van der Waals surface area contributed by atoms with Gasteiger partial charge in [-0.05, 0) is 47.5 Å². The summed E-state index contributed by atoms with van der Waals surface area (Å²) in [5, 5.41) is 16.6. The molecule has 0 aliphatic rings. The molecular formula is C23H21N3O2. The van der Waals surface area contributed by atoms with E-state index in [-0.39, 0.29) is 30.8 Å². The maximum absolute atomic E-state index is 12.3. The molecular weight excluding hydrogens is 350 g/mol. The minimum Gasteiger partial charge on any atom is -0.352 e. The second-order valence-electron chi connectivity index (χ2n) is 6.59. The van der Waals surface area contributed by atoms with Crippen molar-refractivity contribution in [3.8, 4) is 6.07 Å². The van der Waals surface area contributed by atoms with Gasteiger partial charge in [0, 0.05) is 18.5 Å². The van der Waals surface area contributed by atoms with Gasteiger partial charge in [-0.15, -0.1) is 0 Å². The summed E-state index contributed by atoms with van der Waals surface area (Å²) in [6.07, 6.45) is 0.194. The lowest BCUT2D eigenvalue weighted by molar-refractivity contribution is -0.121. The molecule has 0 saturated heterocycles. The van der Waals surface area contributed by atoms with Crippen molar-refractivity contribution >= 4 is 22.6 Å². The average molecular weight is 371 g/mol. The summed E-state index contributed by atoms with van der Waals surface area (Å²) in [6.45, 7) is 2.14. The van der Waals surface area contributed by atoms with E-state index in [0.29, 0.717) is 11.1 Å². The van der Waals surface area contributed by atoms with Crippen molar-refractivity contribution in [2.45, 2.75) is 19.4 Å². The third kappa shape index (κ3) is 4.74. The fourth-order valence-corrected chi connectivity index (χ4v) is 2.97. The van der Waals surface area contributed by atoms with Gasteiger partial charge in [0.15, 0.2) is 0 Å². The molecule has 0 fully saturated rings. The third-order valence-corrected chi connectivity index (χ3v) is 4.57. The first-order valence-corrected chi connectivity index (χ1v) is 9.13. The number of carbonyl (C=O) groups excluding carboxylic acids is 2. The molecule has 0 saturated carbocycles. The van der Waals surface area contributed by atoms with E-state index in [4.69, 9.17) is 5.26 Å². The molecule has 3 aromatic rings. The van der Waals surface area contributed by atoms with Crippen LogP contribution in [0, 0.1) is 11.3 Å². The summed E-state index contributed by atoms with van der Waals surface area (Å²) in [5.41, 5.74) is 2.08. The Balaban J connectivity index is 1.48. The van der Waals surface area contributed by atoms with Gasteiger partial charge in [-0.25, -0.2) is 0 Å². The van der Waals surface area contributed by atoms with E-state index in [1.54, 1.807) is 18.2 Å². The van der Waals surface area contributed by atoms with E-state index in [0.717, 1.165) is 16.3 Å². The number of nitriles is 1. The van der Waals surface area contributed by atoms with Crippen LogP contribution in [0.15, 0.2) is 66.7 Å². The van der Waals surface area contributed by atoms with Gasteiger partial charge in [-0.3, -0.25) is 9.59 Å². The summed E-state index contributed by atoms with van der Waals surface area (Å²) in [5.74, 6) is -0.339. The molecule has 5 nitrogen and oxygen atoms in total. The minimum atomic E-state index is -0.196. The van der Waals surface area contributed by atoms with E-state index >= 15 is 0 Å². The van der Waals surface area contributed by atoms with Gasteiger partial charge in [-0.2, -0.15) is 5.26 Å². The van der Waals surface area contributed by atoms with Crippen molar-refractivity contribution in [2.75, 3.05) is 6.54 Å². The smallest absolute Gasteiger partial charge is 0.251 e. The van der Waals surface area contributed by atoms with Crippen molar-refractivity contribution in [3.05, 3.63) is 83.4 Å². The number of carbonyl (C=O) groups is 2. The molecule has 0 aromatic heterocycles. The predicted octanol–water partition coefficient (Wildman–Crippen LogP) is 3.71. The SMILES string of the molecule is CC(NC(=O)CCNC(=O)c1ccc2ccccc2c1)c1ccc(C#N)cc1. The molecule has 0 aliphatic carbocycles. The number of hydrogen-bond donors (Lipinski definition) is 2. The molecule has 0 radical (unpaired) electrons. The van der Waals surface area contributed by atoms with Crippen LogP contribution in [0.1, 0.15) is 40.9 Å². The maximum atomic E-state index is 12.3. The molecule has 5 heteroatoms. The van der Waals surface area contributed by atoms with Crippen molar-refractivity contribution in [1.82, 2.24) is 10.6 Å². The fraction of sp³-hybridized carbons (Fsp3) is 0.174. The number of amides is 2. The van der Waals surface area contributed by atoms with Crippen LogP contribution in [0.3, 0.4) is 0 Å². The second kappa shape index (κ2) is 8.83. The average Bonchev–Trinajstić information content (AvgIpc) is 2.73. The normalized spacial score (nSPS) is 11.4. The number of fused-ring (bicyclic) bond motifs is 1. The summed E-state index contributed by atoms with van der Waals surface area (Å²) < 4.78 is 0. The van der Waals surface area contributed by atoms with Crippen LogP contribution in [-0.4, -0.2) is 18.4 Å². The van der Waals surface area contributed by atoms with E-state index in [9.17, 15) is 9.59 Å². The molecule has 3 rings (SSSR count). The summed E-state index contributed by atoms with van der Waals surface area (Å²) in [6, 6.07) is 22.4. The Morgan fingerprint density at radius 2 is 1.71 bits per heavy atom. The zero-order chi connectivity index (χ0) is 19.9. The standard InChI is InChI=1S/C23H21N3O2/c1-16(18-8-6-17(15-24)7-9-18)26-22(27)12-13-25-23(28)21-11-10-19-4-2-3-5-20(19)14-21/h2-11,14,16H,12-13H2,1H3,(H,25,28)(H,26,27). The molecule has 0 aliphatic heterocycles. The Kier molecular flexibility index (Phi) is 6.03. The van der Waals surface area contributed by atoms with E-state index in [1.165, 1.54) is 0 Å². The number of nitrogens with one attached hydrogen (secondary N) is 2. The lowest BCUT2D eigenvalue weighted by Crippen LogP contribution is -2.32. The highest BCUT2D eigenvalue weighted by atomic mass is 16.2. The molecule has 2 N–H and O–H groups in total. The van der Waals surface area contributed by atoms with Gasteiger partial charge in [0.2, 0.25) is 5.91 Å². The van der Waals surface area contributed by atoms with Crippen LogP contribution in [0.25, 0.3) is 10.8 Å². The van der Waals surface area contributed by atoms with E-state index in [1.807, 2.05) is 55.5 Å². The topological polar surface area (TPSA) is 82.0 Å². The molecule has 0 bridgehead atoms. The second-order valence-corrected chi connectivity index (χ2v) is 6.59. The largest absolute Gasteiger partial charge is 0.352 e. The van der Waals surface area contributed by atoms with Crippen LogP contribution in [0.2, 0.25) is 0 Å². The van der Waals surface area contributed by atoms with Gasteiger partial charge < -0.3 is 10.6 Å². The zero-order valence-corrected chi connectivity index (χ0v) is 15.6. The lowest BCUT2D eigenvalue weighted by Gasteiger charge is -2.14. The summed E-state index contributed by atoms with van der Waals surface area (Å²) in [4.78, 5) is 24.4. The Morgan fingerprint density at radius 3 is 2.43 bits per heavy atom. The number of nitrogens with zero attached hydrogens (tertiary/aromatic N) is 1. The Labute approximate surface area is 164 Å². The zero-order valence-electron chi connectivity index (χ0n) is 15.6. The molecule has 3 aromatic carbocycles. The molecule has 28 heavy (non-hydrogen) atoms. The molecule has 1 unspecified atom stereocenters. The van der Waals surface area contributed by atoms with Gasteiger partial charge >= 0.3 is 0 Å². The predicted molar refractivity (Wildman–Crippen MR) is 109 cm³/mol. The monoisotopic (exact) mass is 371 g/mol. The summed E-state index contributed by atoms with van der Waals surface area (Å²) >= 11 is 0. The van der Waals surface area contributed by atoms with Crippen LogP contribution < -0.4 is 10.6 Å². The highest BCUT2D eigenvalue weighted by Gasteiger charge is 2.11. The van der Waals surface area contributed by atoms with Crippen LogP contribution >= 0.6 is 0 Å². The molecule has 140 valence electrons. The highest BCUT2D eigenvalue weighted by Crippen LogP contribution is 2.16. The number of rotatable bonds is 6. The Bertz CT molecular complexity index is 1040. The van der Waals surface area contributed by atoms with Crippen LogP contribution in [-0.2, 0) is 4.79 Å². The first kappa shape index (κ1) is 19.1. The van der Waals surface area contributed by atoms with Gasteiger partial charge in [0.25, 0.3) is 5.91 Å².